The molecule has 3 atom stereocenters. The van der Waals surface area contributed by atoms with Crippen LogP contribution in [0.2, 0.25) is 0 Å². The molecule has 0 aliphatic heterocycles. The van der Waals surface area contributed by atoms with Gasteiger partial charge in [-0.25, -0.2) is 4.79 Å². The molecule has 0 aromatic carbocycles. The highest BCUT2D eigenvalue weighted by molar-refractivity contribution is 8.01. The van der Waals surface area contributed by atoms with Gasteiger partial charge in [-0.15, -0.1) is 0 Å². The zero-order valence-corrected chi connectivity index (χ0v) is 14.3. The zero-order valence-electron chi connectivity index (χ0n) is 12.7. The molecule has 0 spiro atoms. The first-order chi connectivity index (χ1) is 8.78. The lowest BCUT2D eigenvalue weighted by Crippen LogP contribution is -2.47. The molecule has 110 valence electrons. The van der Waals surface area contributed by atoms with Gasteiger partial charge in [-0.2, -0.15) is 23.5 Å². The molecule has 1 aliphatic rings. The van der Waals surface area contributed by atoms with Crippen LogP contribution in [-0.4, -0.2) is 33.6 Å². The van der Waals surface area contributed by atoms with Gasteiger partial charge in [-0.3, -0.25) is 0 Å². The monoisotopic (exact) mass is 302 g/mol. The van der Waals surface area contributed by atoms with E-state index in [4.69, 9.17) is 4.74 Å². The molecule has 2 nitrogen and oxygen atoms in total. The Morgan fingerprint density at radius 1 is 1.47 bits per heavy atom. The Labute approximate surface area is 126 Å². The standard InChI is InChI=1S/C15H26O2S2/c1-10(2)14(16)17-15(5)8-7-12(19-11(3)4)9-13(15)18-6/h11-13H,1,7-9H2,2-6H3. The number of thioether (sulfide) groups is 2. The number of carbonyl (C=O) groups excluding carboxylic acids is 1. The number of rotatable bonds is 5. The molecule has 0 bridgehead atoms. The smallest absolute Gasteiger partial charge is 0.333 e. The van der Waals surface area contributed by atoms with Gasteiger partial charge in [0.05, 0.1) is 0 Å². The molecule has 3 unspecified atom stereocenters. The van der Waals surface area contributed by atoms with Crippen LogP contribution in [0.4, 0.5) is 0 Å². The van der Waals surface area contributed by atoms with Crippen molar-refractivity contribution in [3.8, 4) is 0 Å². The van der Waals surface area contributed by atoms with Gasteiger partial charge in [0.1, 0.15) is 5.60 Å². The van der Waals surface area contributed by atoms with E-state index in [9.17, 15) is 4.79 Å². The summed E-state index contributed by atoms with van der Waals surface area (Å²) in [5.74, 6) is -0.253. The predicted molar refractivity (Wildman–Crippen MR) is 87.0 cm³/mol. The zero-order chi connectivity index (χ0) is 14.6. The van der Waals surface area contributed by atoms with Crippen LogP contribution in [0.15, 0.2) is 12.2 Å². The number of carbonyl (C=O) groups is 1. The maximum atomic E-state index is 11.8. The summed E-state index contributed by atoms with van der Waals surface area (Å²) in [5, 5.41) is 1.73. The molecule has 0 heterocycles. The van der Waals surface area contributed by atoms with Gasteiger partial charge in [-0.05, 0) is 44.6 Å². The first-order valence-electron chi connectivity index (χ1n) is 6.85. The Morgan fingerprint density at radius 3 is 2.58 bits per heavy atom. The maximum absolute atomic E-state index is 11.8. The van der Waals surface area contributed by atoms with Crippen LogP contribution in [0.5, 0.6) is 0 Å². The summed E-state index contributed by atoms with van der Waals surface area (Å²) in [6.45, 7) is 11.9. The fraction of sp³-hybridized carbons (Fsp3) is 0.800. The minimum Gasteiger partial charge on any atom is -0.455 e. The average Bonchev–Trinajstić information content (AvgIpc) is 2.30. The van der Waals surface area contributed by atoms with Crippen LogP contribution >= 0.6 is 23.5 Å². The molecule has 0 amide bonds. The molecule has 19 heavy (non-hydrogen) atoms. The van der Waals surface area contributed by atoms with Gasteiger partial charge >= 0.3 is 5.97 Å². The van der Waals surface area contributed by atoms with Crippen molar-refractivity contribution in [2.24, 2.45) is 0 Å². The molecule has 0 aromatic rings. The lowest BCUT2D eigenvalue weighted by Gasteiger charge is -2.43. The molecule has 1 rings (SSSR count). The van der Waals surface area contributed by atoms with Crippen molar-refractivity contribution < 1.29 is 9.53 Å². The number of esters is 1. The van der Waals surface area contributed by atoms with E-state index in [2.05, 4.69) is 33.6 Å². The summed E-state index contributed by atoms with van der Waals surface area (Å²) in [4.78, 5) is 11.8. The third-order valence-electron chi connectivity index (χ3n) is 3.54. The summed E-state index contributed by atoms with van der Waals surface area (Å²) in [6, 6.07) is 0. The molecule has 0 aromatic heterocycles. The van der Waals surface area contributed by atoms with Crippen LogP contribution in [0.3, 0.4) is 0 Å². The Hall–Kier alpha value is -0.0900. The minimum absolute atomic E-state index is 0.253. The molecule has 1 fully saturated rings. The second-order valence-electron chi connectivity index (χ2n) is 5.79. The van der Waals surface area contributed by atoms with Crippen LogP contribution in [-0.2, 0) is 9.53 Å². The Morgan fingerprint density at radius 2 is 2.11 bits per heavy atom. The molecule has 0 saturated heterocycles. The summed E-state index contributed by atoms with van der Waals surface area (Å²) in [7, 11) is 0. The Bertz CT molecular complexity index is 341. The summed E-state index contributed by atoms with van der Waals surface area (Å²) < 4.78 is 5.73. The van der Waals surface area contributed by atoms with E-state index in [-0.39, 0.29) is 11.6 Å². The minimum atomic E-state index is -0.344. The van der Waals surface area contributed by atoms with Crippen molar-refractivity contribution in [3.63, 3.8) is 0 Å². The van der Waals surface area contributed by atoms with Gasteiger partial charge in [0, 0.05) is 16.1 Å². The quantitative estimate of drug-likeness (QED) is 0.559. The first-order valence-corrected chi connectivity index (χ1v) is 9.08. The molecule has 0 radical (unpaired) electrons. The topological polar surface area (TPSA) is 26.3 Å². The number of hydrogen-bond donors (Lipinski definition) is 0. The third-order valence-corrected chi connectivity index (χ3v) is 6.16. The predicted octanol–water partition coefficient (Wildman–Crippen LogP) is 4.29. The first kappa shape index (κ1) is 17.0. The second kappa shape index (κ2) is 7.07. The molecule has 1 aliphatic carbocycles. The van der Waals surface area contributed by atoms with E-state index in [0.29, 0.717) is 21.3 Å². The van der Waals surface area contributed by atoms with Gasteiger partial charge < -0.3 is 4.74 Å². The van der Waals surface area contributed by atoms with Crippen molar-refractivity contribution in [1.29, 1.82) is 0 Å². The van der Waals surface area contributed by atoms with E-state index in [1.54, 1.807) is 6.92 Å². The third kappa shape index (κ3) is 4.75. The van der Waals surface area contributed by atoms with Crippen molar-refractivity contribution >= 4 is 29.5 Å². The van der Waals surface area contributed by atoms with Crippen LogP contribution < -0.4 is 0 Å². The average molecular weight is 303 g/mol. The fourth-order valence-corrected chi connectivity index (χ4v) is 5.02. The van der Waals surface area contributed by atoms with Crippen molar-refractivity contribution in [2.45, 2.75) is 68.3 Å². The lowest BCUT2D eigenvalue weighted by atomic mass is 9.85. The summed E-state index contributed by atoms with van der Waals surface area (Å²) >= 11 is 3.87. The molecular formula is C15H26O2S2. The molecule has 0 N–H and O–H groups in total. The van der Waals surface area contributed by atoms with Gasteiger partial charge in [0.25, 0.3) is 0 Å². The summed E-state index contributed by atoms with van der Waals surface area (Å²) in [6.07, 6.45) is 5.30. The van der Waals surface area contributed by atoms with Gasteiger partial charge in [0.2, 0.25) is 0 Å². The maximum Gasteiger partial charge on any atom is 0.333 e. The summed E-state index contributed by atoms with van der Waals surface area (Å²) in [5.41, 5.74) is 0.142. The fourth-order valence-electron chi connectivity index (χ4n) is 2.48. The number of ether oxygens (including phenoxy) is 1. The van der Waals surface area contributed by atoms with E-state index < -0.39 is 0 Å². The van der Waals surface area contributed by atoms with E-state index >= 15 is 0 Å². The van der Waals surface area contributed by atoms with Crippen molar-refractivity contribution in [1.82, 2.24) is 0 Å². The normalized spacial score (nSPS) is 31.3. The second-order valence-corrected chi connectivity index (χ2v) is 8.71. The Kier molecular flexibility index (Phi) is 6.31. The number of hydrogen-bond acceptors (Lipinski definition) is 4. The highest BCUT2D eigenvalue weighted by Crippen LogP contribution is 2.43. The highest BCUT2D eigenvalue weighted by atomic mass is 32.2. The highest BCUT2D eigenvalue weighted by Gasteiger charge is 2.43. The van der Waals surface area contributed by atoms with Crippen molar-refractivity contribution in [3.05, 3.63) is 12.2 Å². The Balaban J connectivity index is 2.69. The van der Waals surface area contributed by atoms with E-state index in [1.165, 1.54) is 0 Å². The molecule has 4 heteroatoms. The van der Waals surface area contributed by atoms with Gasteiger partial charge in [0.15, 0.2) is 0 Å². The van der Waals surface area contributed by atoms with Gasteiger partial charge in [-0.1, -0.05) is 20.4 Å². The van der Waals surface area contributed by atoms with Crippen molar-refractivity contribution in [2.75, 3.05) is 6.26 Å². The SMILES string of the molecule is C=C(C)C(=O)OC1(C)CCC(SC(C)C)CC1SC. The largest absolute Gasteiger partial charge is 0.455 e. The van der Waals surface area contributed by atoms with Crippen LogP contribution in [0, 0.1) is 0 Å². The molecular weight excluding hydrogens is 276 g/mol. The molecule has 1 saturated carbocycles. The van der Waals surface area contributed by atoms with Crippen LogP contribution in [0.25, 0.3) is 0 Å². The van der Waals surface area contributed by atoms with E-state index in [0.717, 1.165) is 19.3 Å². The van der Waals surface area contributed by atoms with E-state index in [1.807, 2.05) is 23.5 Å². The van der Waals surface area contributed by atoms with Crippen LogP contribution in [0.1, 0.15) is 47.0 Å². The lowest BCUT2D eigenvalue weighted by molar-refractivity contribution is -0.155.